The van der Waals surface area contributed by atoms with Crippen molar-refractivity contribution in [3.63, 3.8) is 0 Å². The number of amides is 2. The zero-order valence-electron chi connectivity index (χ0n) is 22.8. The molecule has 38 heavy (non-hydrogen) atoms. The lowest BCUT2D eigenvalue weighted by molar-refractivity contribution is -0.140. The molecule has 0 aliphatic carbocycles. The van der Waals surface area contributed by atoms with E-state index >= 15 is 0 Å². The van der Waals surface area contributed by atoms with Crippen molar-refractivity contribution < 1.29 is 18.0 Å². The predicted octanol–water partition coefficient (Wildman–Crippen LogP) is 4.15. The standard InChI is InChI=1S/C30H37N3O4S/c1-6-31-30(35)28(19-25-10-8-7-9-11-25)32(20-26-15-12-22(2)13-16-26)29(34)21-33(38(5,36)37)27-17-14-23(3)18-24(27)4/h7-18,28H,6,19-21H2,1-5H3,(H,31,35)/t28-/m0/s1. The second-order valence-electron chi connectivity index (χ2n) is 9.67. The third-order valence-electron chi connectivity index (χ3n) is 6.40. The number of anilines is 1. The van der Waals surface area contributed by atoms with Crippen LogP contribution in [0.4, 0.5) is 5.69 Å². The Morgan fingerprint density at radius 2 is 1.50 bits per heavy atom. The normalized spacial score (nSPS) is 12.0. The summed E-state index contributed by atoms with van der Waals surface area (Å²) in [4.78, 5) is 28.9. The highest BCUT2D eigenvalue weighted by molar-refractivity contribution is 7.92. The molecule has 7 nitrogen and oxygen atoms in total. The van der Waals surface area contributed by atoms with Crippen LogP contribution in [0.1, 0.15) is 34.7 Å². The molecule has 0 radical (unpaired) electrons. The van der Waals surface area contributed by atoms with Crippen molar-refractivity contribution in [2.24, 2.45) is 0 Å². The molecule has 0 spiro atoms. The van der Waals surface area contributed by atoms with E-state index in [0.29, 0.717) is 18.7 Å². The summed E-state index contributed by atoms with van der Waals surface area (Å²) in [6.07, 6.45) is 1.39. The quantitative estimate of drug-likeness (QED) is 0.400. The van der Waals surface area contributed by atoms with Crippen molar-refractivity contribution in [2.75, 3.05) is 23.7 Å². The van der Waals surface area contributed by atoms with Crippen LogP contribution in [-0.4, -0.2) is 50.5 Å². The molecular formula is C30H37N3O4S. The maximum Gasteiger partial charge on any atom is 0.244 e. The minimum Gasteiger partial charge on any atom is -0.355 e. The largest absolute Gasteiger partial charge is 0.355 e. The highest BCUT2D eigenvalue weighted by Crippen LogP contribution is 2.24. The summed E-state index contributed by atoms with van der Waals surface area (Å²) in [6, 6.07) is 21.9. The van der Waals surface area contributed by atoms with Crippen LogP contribution in [0.3, 0.4) is 0 Å². The third-order valence-corrected chi connectivity index (χ3v) is 7.52. The maximum atomic E-state index is 14.0. The number of hydrogen-bond acceptors (Lipinski definition) is 4. The van der Waals surface area contributed by atoms with E-state index in [1.165, 1.54) is 4.90 Å². The topological polar surface area (TPSA) is 86.8 Å². The van der Waals surface area contributed by atoms with E-state index in [9.17, 15) is 18.0 Å². The zero-order chi connectivity index (χ0) is 27.9. The molecule has 3 rings (SSSR count). The summed E-state index contributed by atoms with van der Waals surface area (Å²) >= 11 is 0. The molecule has 0 unspecified atom stereocenters. The molecule has 0 heterocycles. The Morgan fingerprint density at radius 3 is 2.08 bits per heavy atom. The Balaban J connectivity index is 2.05. The molecule has 0 aliphatic rings. The maximum absolute atomic E-state index is 14.0. The lowest BCUT2D eigenvalue weighted by atomic mass is 10.0. The van der Waals surface area contributed by atoms with Gasteiger partial charge in [0.1, 0.15) is 12.6 Å². The Hall–Kier alpha value is -3.65. The van der Waals surface area contributed by atoms with Crippen LogP contribution in [-0.2, 0) is 32.6 Å². The molecule has 0 saturated heterocycles. The number of likely N-dealkylation sites (N-methyl/N-ethyl adjacent to an activating group) is 1. The van der Waals surface area contributed by atoms with E-state index < -0.39 is 28.5 Å². The molecule has 8 heteroatoms. The molecule has 1 atom stereocenters. The van der Waals surface area contributed by atoms with Crippen LogP contribution in [0.25, 0.3) is 0 Å². The third kappa shape index (κ3) is 7.68. The van der Waals surface area contributed by atoms with Crippen molar-refractivity contribution in [3.8, 4) is 0 Å². The Labute approximate surface area is 226 Å². The molecule has 0 fully saturated rings. The van der Waals surface area contributed by atoms with Gasteiger partial charge in [-0.2, -0.15) is 0 Å². The fourth-order valence-corrected chi connectivity index (χ4v) is 5.32. The summed E-state index contributed by atoms with van der Waals surface area (Å²) in [5, 5.41) is 2.86. The molecule has 0 bridgehead atoms. The van der Waals surface area contributed by atoms with E-state index in [1.54, 1.807) is 6.07 Å². The lowest BCUT2D eigenvalue weighted by Gasteiger charge is -2.33. The first-order chi connectivity index (χ1) is 18.0. The van der Waals surface area contributed by atoms with Crippen LogP contribution in [0.2, 0.25) is 0 Å². The summed E-state index contributed by atoms with van der Waals surface area (Å²) in [5.74, 6) is -0.739. The number of sulfonamides is 1. The van der Waals surface area contributed by atoms with Crippen molar-refractivity contribution in [1.82, 2.24) is 10.2 Å². The van der Waals surface area contributed by atoms with Gasteiger partial charge >= 0.3 is 0 Å². The molecule has 1 N–H and O–H groups in total. The van der Waals surface area contributed by atoms with Gasteiger partial charge in [-0.15, -0.1) is 0 Å². The Kier molecular flexibility index (Phi) is 9.69. The van der Waals surface area contributed by atoms with Gasteiger partial charge in [0.25, 0.3) is 0 Å². The first-order valence-electron chi connectivity index (χ1n) is 12.7. The monoisotopic (exact) mass is 535 g/mol. The van der Waals surface area contributed by atoms with Crippen LogP contribution in [0.15, 0.2) is 72.8 Å². The molecule has 2 amide bonds. The van der Waals surface area contributed by atoms with Crippen molar-refractivity contribution in [2.45, 2.75) is 46.7 Å². The fourth-order valence-electron chi connectivity index (χ4n) is 4.42. The number of aryl methyl sites for hydroxylation is 3. The van der Waals surface area contributed by atoms with Crippen molar-refractivity contribution >= 4 is 27.5 Å². The second-order valence-corrected chi connectivity index (χ2v) is 11.6. The Morgan fingerprint density at radius 1 is 0.868 bits per heavy atom. The summed E-state index contributed by atoms with van der Waals surface area (Å²) in [6.45, 7) is 7.72. The molecule has 3 aromatic rings. The van der Waals surface area contributed by atoms with Crippen LogP contribution in [0.5, 0.6) is 0 Å². The van der Waals surface area contributed by atoms with Crippen LogP contribution < -0.4 is 9.62 Å². The molecular weight excluding hydrogens is 498 g/mol. The highest BCUT2D eigenvalue weighted by Gasteiger charge is 2.33. The molecule has 0 aromatic heterocycles. The number of carbonyl (C=O) groups excluding carboxylic acids is 2. The highest BCUT2D eigenvalue weighted by atomic mass is 32.2. The van der Waals surface area contributed by atoms with E-state index in [2.05, 4.69) is 5.32 Å². The van der Waals surface area contributed by atoms with Crippen molar-refractivity contribution in [1.29, 1.82) is 0 Å². The minimum absolute atomic E-state index is 0.165. The van der Waals surface area contributed by atoms with E-state index in [1.807, 2.05) is 94.4 Å². The van der Waals surface area contributed by atoms with Gasteiger partial charge in [0.15, 0.2) is 0 Å². The van der Waals surface area contributed by atoms with Gasteiger partial charge in [0.05, 0.1) is 11.9 Å². The Bertz CT molecular complexity index is 1360. The van der Waals surface area contributed by atoms with Gasteiger partial charge in [-0.1, -0.05) is 77.9 Å². The second kappa shape index (κ2) is 12.7. The SMILES string of the molecule is CCNC(=O)[C@H](Cc1ccccc1)N(Cc1ccc(C)cc1)C(=O)CN(c1ccc(C)cc1C)S(C)(=O)=O. The van der Waals surface area contributed by atoms with Gasteiger partial charge in [0.2, 0.25) is 21.8 Å². The minimum atomic E-state index is -3.79. The number of rotatable bonds is 11. The number of nitrogens with one attached hydrogen (secondary N) is 1. The predicted molar refractivity (Wildman–Crippen MR) is 152 cm³/mol. The molecule has 0 saturated carbocycles. The number of carbonyl (C=O) groups is 2. The average molecular weight is 536 g/mol. The fraction of sp³-hybridized carbons (Fsp3) is 0.333. The van der Waals surface area contributed by atoms with Crippen LogP contribution >= 0.6 is 0 Å². The van der Waals surface area contributed by atoms with Crippen LogP contribution in [0, 0.1) is 20.8 Å². The number of nitrogens with zero attached hydrogens (tertiary/aromatic N) is 2. The number of hydrogen-bond donors (Lipinski definition) is 1. The van der Waals surface area contributed by atoms with Gasteiger partial charge in [-0.05, 0) is 50.5 Å². The molecule has 3 aromatic carbocycles. The van der Waals surface area contributed by atoms with Gasteiger partial charge in [-0.25, -0.2) is 8.42 Å². The van der Waals surface area contributed by atoms with Gasteiger partial charge in [0, 0.05) is 19.5 Å². The summed E-state index contributed by atoms with van der Waals surface area (Å²) in [7, 11) is -3.79. The van der Waals surface area contributed by atoms with E-state index in [4.69, 9.17) is 0 Å². The molecule has 0 aliphatic heterocycles. The van der Waals surface area contributed by atoms with Gasteiger partial charge < -0.3 is 10.2 Å². The number of benzene rings is 3. The smallest absolute Gasteiger partial charge is 0.244 e. The summed E-state index contributed by atoms with van der Waals surface area (Å²) < 4.78 is 26.9. The van der Waals surface area contributed by atoms with E-state index in [-0.39, 0.29) is 12.5 Å². The van der Waals surface area contributed by atoms with E-state index in [0.717, 1.165) is 38.4 Å². The van der Waals surface area contributed by atoms with Gasteiger partial charge in [-0.3, -0.25) is 13.9 Å². The first-order valence-corrected chi connectivity index (χ1v) is 14.6. The lowest BCUT2D eigenvalue weighted by Crippen LogP contribution is -2.53. The summed E-state index contributed by atoms with van der Waals surface area (Å²) in [5.41, 5.74) is 5.02. The average Bonchev–Trinajstić information content (AvgIpc) is 2.86. The molecule has 202 valence electrons. The van der Waals surface area contributed by atoms with Crippen molar-refractivity contribution in [3.05, 3.63) is 101 Å². The zero-order valence-corrected chi connectivity index (χ0v) is 23.6. The first kappa shape index (κ1) is 28.9.